The lowest BCUT2D eigenvalue weighted by atomic mass is 10.3. The van der Waals surface area contributed by atoms with E-state index in [9.17, 15) is 9.18 Å². The Kier molecular flexibility index (Phi) is 4.68. The predicted molar refractivity (Wildman–Crippen MR) is 80.5 cm³/mol. The standard InChI is InChI=1S/C14H13BrFN3O/c1-2-17-13-5-3-4-12(19-13)14(20)18-9-6-7-10(15)11(16)8-9/h3-8H,2H2,1H3,(H,17,19)(H,18,20). The molecule has 2 N–H and O–H groups in total. The van der Waals surface area contributed by atoms with Gasteiger partial charge in [-0.3, -0.25) is 4.79 Å². The summed E-state index contributed by atoms with van der Waals surface area (Å²) < 4.78 is 13.7. The van der Waals surface area contributed by atoms with Crippen LogP contribution in [0, 0.1) is 5.82 Å². The Bertz CT molecular complexity index is 634. The smallest absolute Gasteiger partial charge is 0.274 e. The molecule has 0 saturated heterocycles. The Morgan fingerprint density at radius 3 is 2.85 bits per heavy atom. The van der Waals surface area contributed by atoms with Crippen LogP contribution >= 0.6 is 15.9 Å². The molecule has 0 aliphatic rings. The first-order valence-electron chi connectivity index (χ1n) is 6.07. The van der Waals surface area contributed by atoms with Gasteiger partial charge in [-0.05, 0) is 53.2 Å². The van der Waals surface area contributed by atoms with Gasteiger partial charge in [0.2, 0.25) is 0 Å². The number of aromatic nitrogens is 1. The first kappa shape index (κ1) is 14.5. The number of halogens is 2. The number of pyridine rings is 1. The fourth-order valence-corrected chi connectivity index (χ4v) is 1.86. The molecule has 1 heterocycles. The van der Waals surface area contributed by atoms with Crippen molar-refractivity contribution in [3.05, 3.63) is 52.4 Å². The Hall–Kier alpha value is -1.95. The summed E-state index contributed by atoms with van der Waals surface area (Å²) >= 11 is 3.06. The maximum Gasteiger partial charge on any atom is 0.274 e. The molecular formula is C14H13BrFN3O. The van der Waals surface area contributed by atoms with E-state index in [1.54, 1.807) is 24.3 Å². The third-order valence-electron chi connectivity index (χ3n) is 2.52. The molecule has 2 rings (SSSR count). The van der Waals surface area contributed by atoms with E-state index in [1.165, 1.54) is 12.1 Å². The van der Waals surface area contributed by atoms with Crippen LogP contribution in [0.4, 0.5) is 15.9 Å². The van der Waals surface area contributed by atoms with E-state index < -0.39 is 5.82 Å². The van der Waals surface area contributed by atoms with Gasteiger partial charge in [0.05, 0.1) is 4.47 Å². The highest BCUT2D eigenvalue weighted by Crippen LogP contribution is 2.19. The van der Waals surface area contributed by atoms with Gasteiger partial charge in [-0.2, -0.15) is 0 Å². The number of benzene rings is 1. The number of hydrogen-bond acceptors (Lipinski definition) is 3. The Morgan fingerprint density at radius 2 is 2.15 bits per heavy atom. The van der Waals surface area contributed by atoms with Crippen LogP contribution in [0.5, 0.6) is 0 Å². The summed E-state index contributed by atoms with van der Waals surface area (Å²) in [5.74, 6) is -0.189. The van der Waals surface area contributed by atoms with Gasteiger partial charge in [0.1, 0.15) is 17.3 Å². The molecule has 20 heavy (non-hydrogen) atoms. The first-order chi connectivity index (χ1) is 9.60. The number of carbonyl (C=O) groups is 1. The van der Waals surface area contributed by atoms with Crippen molar-refractivity contribution in [2.75, 3.05) is 17.2 Å². The van der Waals surface area contributed by atoms with Crippen LogP contribution in [0.15, 0.2) is 40.9 Å². The van der Waals surface area contributed by atoms with Crippen molar-refractivity contribution in [2.45, 2.75) is 6.92 Å². The van der Waals surface area contributed by atoms with E-state index in [1.807, 2.05) is 6.92 Å². The van der Waals surface area contributed by atoms with Gasteiger partial charge in [0, 0.05) is 12.2 Å². The summed E-state index contributed by atoms with van der Waals surface area (Å²) in [4.78, 5) is 16.2. The average Bonchev–Trinajstić information content (AvgIpc) is 2.43. The fourth-order valence-electron chi connectivity index (χ4n) is 1.61. The minimum absolute atomic E-state index is 0.270. The van der Waals surface area contributed by atoms with E-state index >= 15 is 0 Å². The van der Waals surface area contributed by atoms with Gasteiger partial charge in [0.25, 0.3) is 5.91 Å². The van der Waals surface area contributed by atoms with E-state index in [4.69, 9.17) is 0 Å². The fraction of sp³-hybridized carbons (Fsp3) is 0.143. The van der Waals surface area contributed by atoms with E-state index in [-0.39, 0.29) is 11.6 Å². The molecule has 0 aliphatic carbocycles. The van der Waals surface area contributed by atoms with Crippen molar-refractivity contribution in [3.8, 4) is 0 Å². The predicted octanol–water partition coefficient (Wildman–Crippen LogP) is 3.67. The molecule has 4 nitrogen and oxygen atoms in total. The van der Waals surface area contributed by atoms with E-state index in [0.717, 1.165) is 6.54 Å². The molecule has 0 bridgehead atoms. The molecule has 2 aromatic rings. The summed E-state index contributed by atoms with van der Waals surface area (Å²) in [7, 11) is 0. The molecule has 1 amide bonds. The normalized spacial score (nSPS) is 10.2. The average molecular weight is 338 g/mol. The highest BCUT2D eigenvalue weighted by Gasteiger charge is 2.09. The van der Waals surface area contributed by atoms with Crippen LogP contribution in [0.2, 0.25) is 0 Å². The Balaban J connectivity index is 2.15. The largest absolute Gasteiger partial charge is 0.370 e. The van der Waals surface area contributed by atoms with Gasteiger partial charge in [0.15, 0.2) is 0 Å². The number of carbonyl (C=O) groups excluding carboxylic acids is 1. The molecule has 0 unspecified atom stereocenters. The number of nitrogens with zero attached hydrogens (tertiary/aromatic N) is 1. The Labute approximate surface area is 124 Å². The van der Waals surface area contributed by atoms with Gasteiger partial charge in [-0.25, -0.2) is 9.37 Å². The van der Waals surface area contributed by atoms with E-state index in [0.29, 0.717) is 16.0 Å². The number of hydrogen-bond donors (Lipinski definition) is 2. The molecule has 0 atom stereocenters. The van der Waals surface area contributed by atoms with Gasteiger partial charge < -0.3 is 10.6 Å². The summed E-state index contributed by atoms with van der Waals surface area (Å²) in [6.07, 6.45) is 0. The molecule has 6 heteroatoms. The second-order valence-electron chi connectivity index (χ2n) is 4.02. The molecule has 0 spiro atoms. The lowest BCUT2D eigenvalue weighted by Gasteiger charge is -2.07. The minimum Gasteiger partial charge on any atom is -0.370 e. The molecule has 1 aromatic heterocycles. The number of amides is 1. The van der Waals surface area contributed by atoms with Crippen molar-refractivity contribution >= 4 is 33.3 Å². The molecule has 1 aromatic carbocycles. The molecule has 0 radical (unpaired) electrons. The van der Waals surface area contributed by atoms with Gasteiger partial charge in [-0.1, -0.05) is 6.07 Å². The van der Waals surface area contributed by atoms with Crippen LogP contribution in [0.1, 0.15) is 17.4 Å². The molecule has 0 fully saturated rings. The monoisotopic (exact) mass is 337 g/mol. The van der Waals surface area contributed by atoms with Crippen LogP contribution in [0.3, 0.4) is 0 Å². The SMILES string of the molecule is CCNc1cccc(C(=O)Nc2ccc(Br)c(F)c2)n1. The highest BCUT2D eigenvalue weighted by atomic mass is 79.9. The quantitative estimate of drug-likeness (QED) is 0.894. The molecule has 0 aliphatic heterocycles. The summed E-state index contributed by atoms with van der Waals surface area (Å²) in [6, 6.07) is 9.51. The van der Waals surface area contributed by atoms with Crippen LogP contribution in [-0.2, 0) is 0 Å². The maximum atomic E-state index is 13.4. The van der Waals surface area contributed by atoms with Crippen LogP contribution in [-0.4, -0.2) is 17.4 Å². The highest BCUT2D eigenvalue weighted by molar-refractivity contribution is 9.10. The Morgan fingerprint density at radius 1 is 1.35 bits per heavy atom. The molecular weight excluding hydrogens is 325 g/mol. The molecule has 104 valence electrons. The zero-order valence-corrected chi connectivity index (χ0v) is 12.4. The van der Waals surface area contributed by atoms with Crippen molar-refractivity contribution in [1.29, 1.82) is 0 Å². The van der Waals surface area contributed by atoms with Crippen LogP contribution < -0.4 is 10.6 Å². The number of anilines is 2. The third-order valence-corrected chi connectivity index (χ3v) is 3.16. The van der Waals surface area contributed by atoms with Crippen molar-refractivity contribution in [2.24, 2.45) is 0 Å². The van der Waals surface area contributed by atoms with Crippen molar-refractivity contribution in [1.82, 2.24) is 4.98 Å². The second-order valence-corrected chi connectivity index (χ2v) is 4.88. The van der Waals surface area contributed by atoms with Gasteiger partial charge in [-0.15, -0.1) is 0 Å². The second kappa shape index (κ2) is 6.47. The maximum absolute atomic E-state index is 13.4. The lowest BCUT2D eigenvalue weighted by molar-refractivity contribution is 0.102. The zero-order chi connectivity index (χ0) is 14.5. The van der Waals surface area contributed by atoms with Crippen LogP contribution in [0.25, 0.3) is 0 Å². The summed E-state index contributed by atoms with van der Waals surface area (Å²) in [5.41, 5.74) is 0.651. The van der Waals surface area contributed by atoms with Crippen molar-refractivity contribution < 1.29 is 9.18 Å². The molecule has 0 saturated carbocycles. The zero-order valence-electron chi connectivity index (χ0n) is 10.8. The lowest BCUT2D eigenvalue weighted by Crippen LogP contribution is -2.14. The first-order valence-corrected chi connectivity index (χ1v) is 6.87. The summed E-state index contributed by atoms with van der Waals surface area (Å²) in [5, 5.41) is 5.63. The minimum atomic E-state index is -0.433. The number of rotatable bonds is 4. The summed E-state index contributed by atoms with van der Waals surface area (Å²) in [6.45, 7) is 2.66. The topological polar surface area (TPSA) is 54.0 Å². The van der Waals surface area contributed by atoms with E-state index in [2.05, 4.69) is 31.5 Å². The van der Waals surface area contributed by atoms with Gasteiger partial charge >= 0.3 is 0 Å². The third kappa shape index (κ3) is 3.54. The number of nitrogens with one attached hydrogen (secondary N) is 2. The van der Waals surface area contributed by atoms with Crippen molar-refractivity contribution in [3.63, 3.8) is 0 Å².